The van der Waals surface area contributed by atoms with E-state index >= 15 is 0 Å². The topological polar surface area (TPSA) is 108 Å². The lowest BCUT2D eigenvalue weighted by Crippen LogP contribution is -2.14. The van der Waals surface area contributed by atoms with E-state index in [-0.39, 0.29) is 10.6 Å². The molecular formula is C10H10N4O3S. The molecule has 0 fully saturated rings. The normalized spacial score (nSPS) is 10.3. The summed E-state index contributed by atoms with van der Waals surface area (Å²) in [7, 11) is 0. The number of aromatic carboxylic acids is 1. The Bertz CT molecular complexity index is 616. The fraction of sp³-hybridized carbons (Fsp3) is 0.200. The number of carboxylic acids is 1. The molecule has 0 radical (unpaired) electrons. The van der Waals surface area contributed by atoms with Gasteiger partial charge in [-0.25, -0.2) is 4.79 Å². The molecule has 3 N–H and O–H groups in total. The highest BCUT2D eigenvalue weighted by molar-refractivity contribution is 7.11. The SMILES string of the molecule is Cc1nsc(NC(=O)c2cn[nH]c2C)c1C(=O)O. The van der Waals surface area contributed by atoms with Crippen LogP contribution in [-0.2, 0) is 0 Å². The van der Waals surface area contributed by atoms with E-state index in [1.54, 1.807) is 13.8 Å². The molecule has 7 nitrogen and oxygen atoms in total. The molecule has 2 heterocycles. The number of aryl methyl sites for hydroxylation is 2. The first-order valence-electron chi connectivity index (χ1n) is 5.01. The van der Waals surface area contributed by atoms with E-state index in [0.717, 1.165) is 11.5 Å². The summed E-state index contributed by atoms with van der Waals surface area (Å²) in [6.07, 6.45) is 1.39. The molecule has 0 aliphatic carbocycles. The first-order valence-corrected chi connectivity index (χ1v) is 5.79. The van der Waals surface area contributed by atoms with Gasteiger partial charge >= 0.3 is 5.97 Å². The second kappa shape index (κ2) is 4.57. The molecule has 2 aromatic rings. The smallest absolute Gasteiger partial charge is 0.340 e. The van der Waals surface area contributed by atoms with E-state index in [1.807, 2.05) is 0 Å². The molecular weight excluding hydrogens is 256 g/mol. The van der Waals surface area contributed by atoms with Crippen LogP contribution in [0.1, 0.15) is 32.1 Å². The van der Waals surface area contributed by atoms with Crippen molar-refractivity contribution in [2.75, 3.05) is 5.32 Å². The molecule has 2 aromatic heterocycles. The molecule has 0 unspecified atom stereocenters. The highest BCUT2D eigenvalue weighted by Gasteiger charge is 2.20. The maximum absolute atomic E-state index is 11.9. The number of nitrogens with zero attached hydrogens (tertiary/aromatic N) is 2. The van der Waals surface area contributed by atoms with Gasteiger partial charge in [0.1, 0.15) is 10.6 Å². The van der Waals surface area contributed by atoms with Crippen molar-refractivity contribution in [3.63, 3.8) is 0 Å². The van der Waals surface area contributed by atoms with Crippen molar-refractivity contribution in [1.29, 1.82) is 0 Å². The number of rotatable bonds is 3. The zero-order valence-electron chi connectivity index (χ0n) is 9.64. The second-order valence-electron chi connectivity index (χ2n) is 3.64. The average Bonchev–Trinajstić information content (AvgIpc) is 2.85. The fourth-order valence-corrected chi connectivity index (χ4v) is 2.24. The lowest BCUT2D eigenvalue weighted by molar-refractivity contribution is 0.0697. The van der Waals surface area contributed by atoms with Crippen LogP contribution in [0.15, 0.2) is 6.20 Å². The average molecular weight is 266 g/mol. The van der Waals surface area contributed by atoms with Crippen molar-refractivity contribution in [2.45, 2.75) is 13.8 Å². The summed E-state index contributed by atoms with van der Waals surface area (Å²) in [6, 6.07) is 0. The predicted molar refractivity (Wildman–Crippen MR) is 65.1 cm³/mol. The number of carbonyl (C=O) groups excluding carboxylic acids is 1. The van der Waals surface area contributed by atoms with Crippen LogP contribution < -0.4 is 5.32 Å². The van der Waals surface area contributed by atoms with Gasteiger partial charge in [0.05, 0.1) is 17.5 Å². The molecule has 18 heavy (non-hydrogen) atoms. The van der Waals surface area contributed by atoms with Crippen molar-refractivity contribution in [1.82, 2.24) is 14.6 Å². The van der Waals surface area contributed by atoms with Gasteiger partial charge in [-0.05, 0) is 25.4 Å². The molecule has 0 aliphatic heterocycles. The summed E-state index contributed by atoms with van der Waals surface area (Å²) in [5, 5.41) is 18.2. The number of nitrogens with one attached hydrogen (secondary N) is 2. The predicted octanol–water partition coefficient (Wildman–Crippen LogP) is 1.43. The van der Waals surface area contributed by atoms with Crippen LogP contribution in [0.5, 0.6) is 0 Å². The number of anilines is 1. The quantitative estimate of drug-likeness (QED) is 0.778. The lowest BCUT2D eigenvalue weighted by Gasteiger charge is -2.02. The summed E-state index contributed by atoms with van der Waals surface area (Å²) in [5.74, 6) is -1.52. The van der Waals surface area contributed by atoms with Crippen LogP contribution >= 0.6 is 11.5 Å². The van der Waals surface area contributed by atoms with Gasteiger partial charge < -0.3 is 10.4 Å². The number of hydrogen-bond donors (Lipinski definition) is 3. The van der Waals surface area contributed by atoms with E-state index in [1.165, 1.54) is 6.20 Å². The van der Waals surface area contributed by atoms with Crippen molar-refractivity contribution in [3.05, 3.63) is 28.7 Å². The molecule has 0 atom stereocenters. The summed E-state index contributed by atoms with van der Waals surface area (Å²) >= 11 is 0.943. The number of carboxylic acid groups (broad SMARTS) is 1. The van der Waals surface area contributed by atoms with E-state index in [2.05, 4.69) is 19.9 Å². The Kier molecular flexibility index (Phi) is 3.11. The Morgan fingerprint density at radius 3 is 2.72 bits per heavy atom. The third kappa shape index (κ3) is 2.09. The summed E-state index contributed by atoms with van der Waals surface area (Å²) < 4.78 is 3.92. The minimum Gasteiger partial charge on any atom is -0.478 e. The van der Waals surface area contributed by atoms with Gasteiger partial charge in [0.15, 0.2) is 0 Å². The summed E-state index contributed by atoms with van der Waals surface area (Å²) in [4.78, 5) is 22.9. The molecule has 94 valence electrons. The molecule has 0 aromatic carbocycles. The van der Waals surface area contributed by atoms with E-state index in [0.29, 0.717) is 17.0 Å². The van der Waals surface area contributed by atoms with Gasteiger partial charge in [-0.2, -0.15) is 9.47 Å². The molecule has 0 bridgehead atoms. The van der Waals surface area contributed by atoms with Gasteiger partial charge in [0.2, 0.25) is 0 Å². The molecule has 0 spiro atoms. The maximum atomic E-state index is 11.9. The molecule has 1 amide bonds. The first-order chi connectivity index (χ1) is 8.50. The third-order valence-corrected chi connectivity index (χ3v) is 3.23. The Morgan fingerprint density at radius 1 is 1.44 bits per heavy atom. The number of amides is 1. The lowest BCUT2D eigenvalue weighted by atomic mass is 10.2. The summed E-state index contributed by atoms with van der Waals surface area (Å²) in [5.41, 5.74) is 1.39. The van der Waals surface area contributed by atoms with Crippen LogP contribution in [-0.4, -0.2) is 31.6 Å². The largest absolute Gasteiger partial charge is 0.478 e. The van der Waals surface area contributed by atoms with Crippen molar-refractivity contribution in [3.8, 4) is 0 Å². The second-order valence-corrected chi connectivity index (χ2v) is 4.41. The van der Waals surface area contributed by atoms with Crippen LogP contribution in [0.3, 0.4) is 0 Å². The molecule has 0 aliphatic rings. The Balaban J connectivity index is 2.28. The van der Waals surface area contributed by atoms with Crippen molar-refractivity contribution < 1.29 is 14.7 Å². The monoisotopic (exact) mass is 266 g/mol. The Labute approximate surface area is 106 Å². The van der Waals surface area contributed by atoms with Gasteiger partial charge in [0.25, 0.3) is 5.91 Å². The van der Waals surface area contributed by atoms with Gasteiger partial charge in [-0.15, -0.1) is 0 Å². The fourth-order valence-electron chi connectivity index (χ4n) is 1.46. The van der Waals surface area contributed by atoms with E-state index in [9.17, 15) is 9.59 Å². The zero-order chi connectivity index (χ0) is 13.3. The van der Waals surface area contributed by atoms with Crippen LogP contribution in [0.2, 0.25) is 0 Å². The van der Waals surface area contributed by atoms with Crippen LogP contribution in [0.25, 0.3) is 0 Å². The van der Waals surface area contributed by atoms with Crippen LogP contribution in [0.4, 0.5) is 5.00 Å². The number of H-pyrrole nitrogens is 1. The Morgan fingerprint density at radius 2 is 2.17 bits per heavy atom. The zero-order valence-corrected chi connectivity index (χ0v) is 10.5. The minimum absolute atomic E-state index is 0.0227. The molecule has 0 saturated heterocycles. The standard InChI is InChI=1S/C10H10N4O3S/c1-4-6(3-11-13-4)8(15)12-9-7(10(16)17)5(2)14-18-9/h3H,1-2H3,(H,11,13)(H,12,15)(H,16,17). The van der Waals surface area contributed by atoms with Gasteiger partial charge in [-0.3, -0.25) is 9.89 Å². The van der Waals surface area contributed by atoms with Gasteiger partial charge in [-0.1, -0.05) is 0 Å². The highest BCUT2D eigenvalue weighted by atomic mass is 32.1. The minimum atomic E-state index is -1.11. The number of aromatic amines is 1. The number of aromatic nitrogens is 3. The number of hydrogen-bond acceptors (Lipinski definition) is 5. The summed E-state index contributed by atoms with van der Waals surface area (Å²) in [6.45, 7) is 3.29. The van der Waals surface area contributed by atoms with E-state index in [4.69, 9.17) is 5.11 Å². The number of carbonyl (C=O) groups is 2. The molecule has 2 rings (SSSR count). The van der Waals surface area contributed by atoms with Crippen LogP contribution in [0, 0.1) is 13.8 Å². The van der Waals surface area contributed by atoms with Crippen molar-refractivity contribution in [2.24, 2.45) is 0 Å². The molecule has 8 heteroatoms. The van der Waals surface area contributed by atoms with Crippen molar-refractivity contribution >= 4 is 28.4 Å². The van der Waals surface area contributed by atoms with Gasteiger partial charge in [0, 0.05) is 5.69 Å². The Hall–Kier alpha value is -2.22. The first kappa shape index (κ1) is 12.2. The maximum Gasteiger partial charge on any atom is 0.340 e. The van der Waals surface area contributed by atoms with E-state index < -0.39 is 11.9 Å². The third-order valence-electron chi connectivity index (χ3n) is 2.38. The molecule has 0 saturated carbocycles. The highest BCUT2D eigenvalue weighted by Crippen LogP contribution is 2.25.